The highest BCUT2D eigenvalue weighted by atomic mass is 16.5. The van der Waals surface area contributed by atoms with Crippen LogP contribution in [0.1, 0.15) is 36.9 Å². The number of hydrogen-bond acceptors (Lipinski definition) is 6. The molecule has 2 N–H and O–H groups in total. The Bertz CT molecular complexity index is 928. The summed E-state index contributed by atoms with van der Waals surface area (Å²) in [7, 11) is 0. The fraction of sp³-hybridized carbons (Fsp3) is 0.500. The predicted octanol–water partition coefficient (Wildman–Crippen LogP) is 2.35. The number of anilines is 1. The van der Waals surface area contributed by atoms with Gasteiger partial charge < -0.3 is 15.1 Å². The number of rotatable bonds is 5. The lowest BCUT2D eigenvalue weighted by Crippen LogP contribution is -2.38. The van der Waals surface area contributed by atoms with Gasteiger partial charge in [-0.1, -0.05) is 30.3 Å². The zero-order valence-corrected chi connectivity index (χ0v) is 16.4. The Balaban J connectivity index is 1.31. The van der Waals surface area contributed by atoms with E-state index in [1.807, 2.05) is 12.1 Å². The minimum atomic E-state index is 0.316. The number of morpholine rings is 1. The number of benzene rings is 1. The van der Waals surface area contributed by atoms with Gasteiger partial charge >= 0.3 is 0 Å². The first kappa shape index (κ1) is 17.4. The standard InChI is InChI=1S/C22H26N6O/c1-2-4-14(5-3-1)8-16-9-20(24-21-11-19(26-27-21)15-6-7-15)25-22(23-16)28-12-18-10-17(28)13-29-18/h1-5,9,15,17-19,26H,6-8,10-13H2,(H,23,24,25,27)/t17-,18-,19?/m0/s1. The summed E-state index contributed by atoms with van der Waals surface area (Å²) >= 11 is 0. The third-order valence-electron chi connectivity index (χ3n) is 6.39. The summed E-state index contributed by atoms with van der Waals surface area (Å²) in [5.74, 6) is 3.30. The van der Waals surface area contributed by atoms with Crippen molar-refractivity contribution in [3.05, 3.63) is 47.7 Å². The van der Waals surface area contributed by atoms with Crippen LogP contribution in [-0.2, 0) is 11.2 Å². The zero-order valence-electron chi connectivity index (χ0n) is 16.4. The van der Waals surface area contributed by atoms with E-state index in [4.69, 9.17) is 19.7 Å². The maximum atomic E-state index is 5.76. The molecule has 3 aliphatic heterocycles. The summed E-state index contributed by atoms with van der Waals surface area (Å²) < 4.78 is 5.76. The van der Waals surface area contributed by atoms with Crippen LogP contribution in [0.4, 0.5) is 11.8 Å². The van der Waals surface area contributed by atoms with E-state index in [-0.39, 0.29) is 0 Å². The molecule has 7 heteroatoms. The average molecular weight is 390 g/mol. The van der Waals surface area contributed by atoms with Crippen LogP contribution < -0.4 is 15.8 Å². The molecule has 1 unspecified atom stereocenters. The quantitative estimate of drug-likeness (QED) is 0.816. The van der Waals surface area contributed by atoms with Gasteiger partial charge in [0.2, 0.25) is 5.95 Å². The first-order valence-corrected chi connectivity index (χ1v) is 10.7. The van der Waals surface area contributed by atoms with Gasteiger partial charge in [0.25, 0.3) is 0 Å². The van der Waals surface area contributed by atoms with Crippen LogP contribution in [0.25, 0.3) is 0 Å². The molecule has 2 bridgehead atoms. The van der Waals surface area contributed by atoms with Gasteiger partial charge in [0.15, 0.2) is 5.82 Å². The number of aliphatic imine (C=N–C) groups is 1. The van der Waals surface area contributed by atoms with Crippen molar-refractivity contribution in [3.63, 3.8) is 0 Å². The minimum Gasteiger partial charge on any atom is -0.374 e. The van der Waals surface area contributed by atoms with Crippen molar-refractivity contribution in [2.75, 3.05) is 18.1 Å². The Morgan fingerprint density at radius 3 is 2.83 bits per heavy atom. The topological polar surface area (TPSA) is 74.7 Å². The summed E-state index contributed by atoms with van der Waals surface area (Å²) in [5.41, 5.74) is 8.91. The summed E-state index contributed by atoms with van der Waals surface area (Å²) in [5, 5.41) is 0. The van der Waals surface area contributed by atoms with E-state index in [0.717, 1.165) is 61.6 Å². The van der Waals surface area contributed by atoms with Crippen LogP contribution in [0.3, 0.4) is 0 Å². The molecule has 150 valence electrons. The van der Waals surface area contributed by atoms with Gasteiger partial charge in [-0.2, -0.15) is 4.98 Å². The maximum Gasteiger partial charge on any atom is 0.228 e. The van der Waals surface area contributed by atoms with Gasteiger partial charge in [0, 0.05) is 31.5 Å². The summed E-state index contributed by atoms with van der Waals surface area (Å²) in [6, 6.07) is 13.4. The molecule has 0 radical (unpaired) electrons. The molecule has 4 heterocycles. The largest absolute Gasteiger partial charge is 0.374 e. The molecule has 29 heavy (non-hydrogen) atoms. The van der Waals surface area contributed by atoms with E-state index in [1.165, 1.54) is 18.4 Å². The summed E-state index contributed by atoms with van der Waals surface area (Å²) in [4.78, 5) is 16.9. The monoisotopic (exact) mass is 390 g/mol. The van der Waals surface area contributed by atoms with Crippen LogP contribution in [0.2, 0.25) is 0 Å². The molecule has 7 nitrogen and oxygen atoms in total. The number of amidine groups is 1. The van der Waals surface area contributed by atoms with E-state index >= 15 is 0 Å². The SMILES string of the molecule is c1ccc(Cc2cc(N=C3CC(C4CC4)NN3)nc(N3C[C@@H]4C[C@H]3CO4)n2)cc1. The molecule has 0 amide bonds. The van der Waals surface area contributed by atoms with Crippen LogP contribution in [0, 0.1) is 5.92 Å². The first-order chi connectivity index (χ1) is 14.3. The Hall–Kier alpha value is -2.51. The molecule has 1 aliphatic carbocycles. The first-order valence-electron chi connectivity index (χ1n) is 10.7. The summed E-state index contributed by atoms with van der Waals surface area (Å²) in [6.07, 6.45) is 5.76. The Kier molecular flexibility index (Phi) is 4.23. The molecule has 0 spiro atoms. The maximum absolute atomic E-state index is 5.76. The highest BCUT2D eigenvalue weighted by Crippen LogP contribution is 2.35. The highest BCUT2D eigenvalue weighted by molar-refractivity contribution is 5.86. The van der Waals surface area contributed by atoms with Gasteiger partial charge in [-0.25, -0.2) is 15.4 Å². The van der Waals surface area contributed by atoms with Gasteiger partial charge in [-0.05, 0) is 30.7 Å². The van der Waals surface area contributed by atoms with Gasteiger partial charge in [0.05, 0.1) is 24.4 Å². The molecule has 2 aromatic rings. The van der Waals surface area contributed by atoms with E-state index in [1.54, 1.807) is 0 Å². The molecule has 3 saturated heterocycles. The van der Waals surface area contributed by atoms with Gasteiger partial charge in [-0.15, -0.1) is 0 Å². The number of fused-ring (bicyclic) bond motifs is 2. The third-order valence-corrected chi connectivity index (χ3v) is 6.39. The normalized spacial score (nSPS) is 29.6. The molecule has 1 aromatic heterocycles. The fourth-order valence-electron chi connectivity index (χ4n) is 4.68. The van der Waals surface area contributed by atoms with Crippen LogP contribution in [-0.4, -0.2) is 47.1 Å². The molecule has 1 saturated carbocycles. The highest BCUT2D eigenvalue weighted by Gasteiger charge is 2.40. The van der Waals surface area contributed by atoms with Gasteiger partial charge in [0.1, 0.15) is 5.84 Å². The lowest BCUT2D eigenvalue weighted by molar-refractivity contribution is 0.0986. The Morgan fingerprint density at radius 1 is 1.17 bits per heavy atom. The second kappa shape index (κ2) is 7.07. The second-order valence-electron chi connectivity index (χ2n) is 8.65. The lowest BCUT2D eigenvalue weighted by Gasteiger charge is -2.27. The molecular formula is C22H26N6O. The smallest absolute Gasteiger partial charge is 0.228 e. The van der Waals surface area contributed by atoms with E-state index in [0.29, 0.717) is 18.2 Å². The fourth-order valence-corrected chi connectivity index (χ4v) is 4.68. The number of hydrogen-bond donors (Lipinski definition) is 2. The van der Waals surface area contributed by atoms with Crippen molar-refractivity contribution >= 4 is 17.6 Å². The Morgan fingerprint density at radius 2 is 2.07 bits per heavy atom. The van der Waals surface area contributed by atoms with Crippen molar-refractivity contribution in [3.8, 4) is 0 Å². The molecule has 4 fully saturated rings. The van der Waals surface area contributed by atoms with Crippen LogP contribution >= 0.6 is 0 Å². The Labute approximate surface area is 170 Å². The van der Waals surface area contributed by atoms with E-state index in [9.17, 15) is 0 Å². The van der Waals surface area contributed by atoms with Crippen molar-refractivity contribution in [2.24, 2.45) is 10.9 Å². The average Bonchev–Trinajstić information content (AvgIpc) is 3.13. The molecule has 4 aliphatic rings. The predicted molar refractivity (Wildman–Crippen MR) is 111 cm³/mol. The molecule has 6 rings (SSSR count). The number of nitrogens with zero attached hydrogens (tertiary/aromatic N) is 4. The van der Waals surface area contributed by atoms with Crippen molar-refractivity contribution in [1.29, 1.82) is 0 Å². The van der Waals surface area contributed by atoms with Gasteiger partial charge in [-0.3, -0.25) is 0 Å². The number of nitrogens with one attached hydrogen (secondary N) is 2. The zero-order chi connectivity index (χ0) is 19.2. The van der Waals surface area contributed by atoms with Crippen LogP contribution in [0.5, 0.6) is 0 Å². The number of ether oxygens (including phenoxy) is 1. The van der Waals surface area contributed by atoms with Crippen molar-refractivity contribution < 1.29 is 4.74 Å². The minimum absolute atomic E-state index is 0.316. The van der Waals surface area contributed by atoms with Crippen molar-refractivity contribution in [2.45, 2.75) is 50.3 Å². The molecule has 3 atom stereocenters. The third kappa shape index (κ3) is 3.60. The lowest BCUT2D eigenvalue weighted by atomic mass is 10.1. The van der Waals surface area contributed by atoms with Crippen molar-refractivity contribution in [1.82, 2.24) is 20.8 Å². The molecule has 1 aromatic carbocycles. The summed E-state index contributed by atoms with van der Waals surface area (Å²) in [6.45, 7) is 1.65. The number of aromatic nitrogens is 2. The van der Waals surface area contributed by atoms with E-state index in [2.05, 4.69) is 40.0 Å². The molecular weight excluding hydrogens is 364 g/mol. The van der Waals surface area contributed by atoms with E-state index < -0.39 is 0 Å². The number of hydrazine groups is 1. The van der Waals surface area contributed by atoms with Crippen LogP contribution in [0.15, 0.2) is 41.4 Å². The second-order valence-corrected chi connectivity index (χ2v) is 8.65.